The van der Waals surface area contributed by atoms with Gasteiger partial charge < -0.3 is 9.47 Å². The lowest BCUT2D eigenvalue weighted by molar-refractivity contribution is -0.394. The number of hydrazine groups is 1. The molecule has 3 aromatic rings. The normalized spacial score (nSPS) is 13.9. The lowest BCUT2D eigenvalue weighted by Gasteiger charge is -2.15. The van der Waals surface area contributed by atoms with E-state index in [0.29, 0.717) is 16.9 Å². The number of carbonyl (C=O) groups is 2. The summed E-state index contributed by atoms with van der Waals surface area (Å²) in [5.41, 5.74) is 2.42. The Morgan fingerprint density at radius 2 is 1.66 bits per heavy atom. The van der Waals surface area contributed by atoms with Gasteiger partial charge in [0, 0.05) is 11.6 Å². The number of nitrogens with one attached hydrogen (secondary N) is 1. The third-order valence-electron chi connectivity index (χ3n) is 5.11. The number of carbonyl (C=O) groups excluding carboxylic acids is 2. The fourth-order valence-electron chi connectivity index (χ4n) is 3.23. The van der Waals surface area contributed by atoms with Crippen LogP contribution in [0.3, 0.4) is 0 Å². The maximum absolute atomic E-state index is 12.9. The van der Waals surface area contributed by atoms with Crippen molar-refractivity contribution in [3.8, 4) is 17.2 Å². The van der Waals surface area contributed by atoms with Gasteiger partial charge in [-0.3, -0.25) is 35.2 Å². The second-order valence-electron chi connectivity index (χ2n) is 7.52. The molecule has 38 heavy (non-hydrogen) atoms. The third-order valence-corrected chi connectivity index (χ3v) is 6.42. The highest BCUT2D eigenvalue weighted by Crippen LogP contribution is 2.35. The zero-order chi connectivity index (χ0) is 27.4. The number of nitrogens with zero attached hydrogens (tertiary/aromatic N) is 3. The van der Waals surface area contributed by atoms with E-state index in [1.54, 1.807) is 42.5 Å². The van der Waals surface area contributed by atoms with Gasteiger partial charge in [0.05, 0.1) is 27.9 Å². The standard InChI is InChI=1S/C24H16N4O8S2/c1-35-17-9-4-15(5-10-17)22(29)25-26-23(30)21(38-24(26)37)12-14-2-7-18(8-3-14)36-20-11-6-16(27(31)32)13-19(20)28(33)34/h2-13H,1H3,(H,25,29)/b21-12+. The van der Waals surface area contributed by atoms with Crippen LogP contribution in [0.4, 0.5) is 11.4 Å². The topological polar surface area (TPSA) is 154 Å². The van der Waals surface area contributed by atoms with E-state index in [1.807, 2.05) is 0 Å². The molecule has 0 bridgehead atoms. The van der Waals surface area contributed by atoms with Crippen LogP contribution in [0.2, 0.25) is 0 Å². The summed E-state index contributed by atoms with van der Waals surface area (Å²) in [6, 6.07) is 15.7. The number of benzene rings is 3. The second-order valence-corrected chi connectivity index (χ2v) is 9.20. The van der Waals surface area contributed by atoms with Crippen molar-refractivity contribution in [3.63, 3.8) is 0 Å². The average Bonchev–Trinajstić information content (AvgIpc) is 3.16. The summed E-state index contributed by atoms with van der Waals surface area (Å²) >= 11 is 6.25. The van der Waals surface area contributed by atoms with Gasteiger partial charge in [0.25, 0.3) is 17.5 Å². The number of amides is 2. The Bertz CT molecular complexity index is 1490. The number of methoxy groups -OCH3 is 1. The molecular formula is C24H16N4O8S2. The lowest BCUT2D eigenvalue weighted by atomic mass is 10.2. The van der Waals surface area contributed by atoms with E-state index in [4.69, 9.17) is 21.7 Å². The molecule has 3 aromatic carbocycles. The monoisotopic (exact) mass is 552 g/mol. The summed E-state index contributed by atoms with van der Waals surface area (Å²) in [4.78, 5) is 46.4. The Hall–Kier alpha value is -4.82. The van der Waals surface area contributed by atoms with Crippen molar-refractivity contribution in [2.24, 2.45) is 0 Å². The van der Waals surface area contributed by atoms with Gasteiger partial charge in [-0.05, 0) is 66.3 Å². The largest absolute Gasteiger partial charge is 0.497 e. The predicted octanol–water partition coefficient (Wildman–Crippen LogP) is 4.85. The van der Waals surface area contributed by atoms with Gasteiger partial charge in [0.1, 0.15) is 11.5 Å². The highest BCUT2D eigenvalue weighted by Gasteiger charge is 2.33. The van der Waals surface area contributed by atoms with Gasteiger partial charge in [0.15, 0.2) is 4.32 Å². The van der Waals surface area contributed by atoms with Crippen LogP contribution in [0.25, 0.3) is 6.08 Å². The van der Waals surface area contributed by atoms with E-state index in [9.17, 15) is 29.8 Å². The quantitative estimate of drug-likeness (QED) is 0.177. The van der Waals surface area contributed by atoms with Gasteiger partial charge in [-0.2, -0.15) is 5.01 Å². The highest BCUT2D eigenvalue weighted by atomic mass is 32.2. The predicted molar refractivity (Wildman–Crippen MR) is 142 cm³/mol. The van der Waals surface area contributed by atoms with Gasteiger partial charge in [0.2, 0.25) is 5.75 Å². The zero-order valence-electron chi connectivity index (χ0n) is 19.4. The Balaban J connectivity index is 1.45. The lowest BCUT2D eigenvalue weighted by Crippen LogP contribution is -2.44. The van der Waals surface area contributed by atoms with Gasteiger partial charge >= 0.3 is 5.69 Å². The molecule has 0 atom stereocenters. The van der Waals surface area contributed by atoms with E-state index < -0.39 is 33.0 Å². The molecule has 1 saturated heterocycles. The number of thioether (sulfide) groups is 1. The molecule has 1 aliphatic rings. The maximum atomic E-state index is 12.9. The van der Waals surface area contributed by atoms with Crippen LogP contribution in [0, 0.1) is 20.2 Å². The summed E-state index contributed by atoms with van der Waals surface area (Å²) in [5, 5.41) is 23.2. The van der Waals surface area contributed by atoms with E-state index in [2.05, 4.69) is 5.43 Å². The molecule has 1 aliphatic heterocycles. The Labute approximate surface area is 224 Å². The van der Waals surface area contributed by atoms with Crippen molar-refractivity contribution in [1.82, 2.24) is 10.4 Å². The van der Waals surface area contributed by atoms with Crippen LogP contribution < -0.4 is 14.9 Å². The average molecular weight is 553 g/mol. The number of ether oxygens (including phenoxy) is 2. The van der Waals surface area contributed by atoms with Crippen LogP contribution >= 0.6 is 24.0 Å². The molecule has 0 aromatic heterocycles. The van der Waals surface area contributed by atoms with Gasteiger partial charge in [-0.1, -0.05) is 23.9 Å². The number of nitro benzene ring substituents is 2. The Morgan fingerprint density at radius 3 is 2.26 bits per heavy atom. The van der Waals surface area contributed by atoms with E-state index >= 15 is 0 Å². The van der Waals surface area contributed by atoms with Gasteiger partial charge in [-0.15, -0.1) is 0 Å². The van der Waals surface area contributed by atoms with Crippen molar-refractivity contribution in [2.75, 3.05) is 7.11 Å². The van der Waals surface area contributed by atoms with Crippen molar-refractivity contribution in [3.05, 3.63) is 103 Å². The zero-order valence-corrected chi connectivity index (χ0v) is 21.0. The van der Waals surface area contributed by atoms with Gasteiger partial charge in [-0.25, -0.2) is 0 Å². The minimum absolute atomic E-state index is 0.147. The molecule has 0 radical (unpaired) electrons. The number of rotatable bonds is 8. The second kappa shape index (κ2) is 11.1. The maximum Gasteiger partial charge on any atom is 0.318 e. The molecule has 1 N–H and O–H groups in total. The molecule has 12 nitrogen and oxygen atoms in total. The first kappa shape index (κ1) is 26.2. The van der Waals surface area contributed by atoms with E-state index in [0.717, 1.165) is 35.0 Å². The van der Waals surface area contributed by atoms with E-state index in [-0.39, 0.29) is 20.7 Å². The molecule has 1 heterocycles. The number of hydrogen-bond donors (Lipinski definition) is 1. The first-order chi connectivity index (χ1) is 18.2. The molecule has 2 amide bonds. The minimum Gasteiger partial charge on any atom is -0.497 e. The minimum atomic E-state index is -0.772. The SMILES string of the molecule is COc1ccc(C(=O)NN2C(=O)/C(=C\c3ccc(Oc4ccc([N+](=O)[O-])cc4[N+](=O)[O-])cc3)SC2=S)cc1. The molecule has 192 valence electrons. The molecule has 4 rings (SSSR count). The van der Waals surface area contributed by atoms with Crippen LogP contribution in [-0.4, -0.2) is 38.1 Å². The summed E-state index contributed by atoms with van der Waals surface area (Å²) in [5.74, 6) is -0.381. The smallest absolute Gasteiger partial charge is 0.318 e. The highest BCUT2D eigenvalue weighted by molar-refractivity contribution is 8.26. The molecule has 1 fully saturated rings. The van der Waals surface area contributed by atoms with Crippen LogP contribution in [0.1, 0.15) is 15.9 Å². The first-order valence-electron chi connectivity index (χ1n) is 10.6. The number of nitro groups is 2. The molecule has 14 heteroatoms. The Morgan fingerprint density at radius 1 is 1.00 bits per heavy atom. The number of non-ortho nitro benzene ring substituents is 1. The summed E-state index contributed by atoms with van der Waals surface area (Å²) in [7, 11) is 1.51. The molecule has 0 aliphatic carbocycles. The fourth-order valence-corrected chi connectivity index (χ4v) is 4.41. The number of thiocarbonyl (C=S) groups is 1. The van der Waals surface area contributed by atoms with Crippen LogP contribution in [-0.2, 0) is 4.79 Å². The van der Waals surface area contributed by atoms with Crippen LogP contribution in [0.5, 0.6) is 17.2 Å². The number of hydrogen-bond acceptors (Lipinski definition) is 10. The third kappa shape index (κ3) is 5.77. The molecular weight excluding hydrogens is 536 g/mol. The Kier molecular flexibility index (Phi) is 7.64. The summed E-state index contributed by atoms with van der Waals surface area (Å²) in [6.45, 7) is 0. The van der Waals surface area contributed by atoms with Crippen molar-refractivity contribution in [1.29, 1.82) is 0 Å². The summed E-state index contributed by atoms with van der Waals surface area (Å²) < 4.78 is 10.8. The molecule has 0 unspecified atom stereocenters. The molecule has 0 spiro atoms. The van der Waals surface area contributed by atoms with Crippen molar-refractivity contribution >= 4 is 57.6 Å². The van der Waals surface area contributed by atoms with Crippen LogP contribution in [0.15, 0.2) is 71.6 Å². The molecule has 0 saturated carbocycles. The van der Waals surface area contributed by atoms with E-state index in [1.165, 1.54) is 19.2 Å². The van der Waals surface area contributed by atoms with Crippen molar-refractivity contribution in [2.45, 2.75) is 0 Å². The fraction of sp³-hybridized carbons (Fsp3) is 0.0417. The summed E-state index contributed by atoms with van der Waals surface area (Å²) in [6.07, 6.45) is 1.57. The van der Waals surface area contributed by atoms with Crippen molar-refractivity contribution < 1.29 is 28.9 Å². The first-order valence-corrected chi connectivity index (χ1v) is 11.8.